The van der Waals surface area contributed by atoms with Crippen molar-refractivity contribution in [2.45, 2.75) is 38.2 Å². The van der Waals surface area contributed by atoms with Crippen LogP contribution in [0.25, 0.3) is 0 Å². The van der Waals surface area contributed by atoms with Crippen molar-refractivity contribution in [1.82, 2.24) is 0 Å². The minimum absolute atomic E-state index is 0.173. The monoisotopic (exact) mass is 262 g/mol. The fourth-order valence-electron chi connectivity index (χ4n) is 2.05. The molecule has 1 saturated carbocycles. The lowest BCUT2D eigenvalue weighted by molar-refractivity contribution is -0.144. The van der Waals surface area contributed by atoms with Gasteiger partial charge >= 0.3 is 5.97 Å². The van der Waals surface area contributed by atoms with Gasteiger partial charge < -0.3 is 15.3 Å². The summed E-state index contributed by atoms with van der Waals surface area (Å²) in [5.41, 5.74) is -0.703. The molecular weight excluding hydrogens is 240 g/mol. The van der Waals surface area contributed by atoms with Gasteiger partial charge in [0.1, 0.15) is 0 Å². The van der Waals surface area contributed by atoms with Gasteiger partial charge in [0.2, 0.25) is 0 Å². The Hall–Kier alpha value is -0.260. The number of hydrogen-bond donors (Lipinski definition) is 3. The van der Waals surface area contributed by atoms with Gasteiger partial charge in [-0.1, -0.05) is 6.92 Å². The Morgan fingerprint density at radius 2 is 2.06 bits per heavy atom. The summed E-state index contributed by atoms with van der Waals surface area (Å²) in [6.07, 6.45) is 2.29. The van der Waals surface area contributed by atoms with E-state index in [2.05, 4.69) is 0 Å². The van der Waals surface area contributed by atoms with E-state index in [1.807, 2.05) is 6.92 Å². The predicted molar refractivity (Wildman–Crippen MR) is 68.1 cm³/mol. The van der Waals surface area contributed by atoms with Crippen LogP contribution in [0.3, 0.4) is 0 Å². The molecule has 0 aromatic rings. The van der Waals surface area contributed by atoms with E-state index in [1.165, 1.54) is 0 Å². The van der Waals surface area contributed by atoms with Crippen molar-refractivity contribution in [3.8, 4) is 0 Å². The molecule has 100 valence electrons. The van der Waals surface area contributed by atoms with Crippen LogP contribution in [0.2, 0.25) is 0 Å². The van der Waals surface area contributed by atoms with Crippen LogP contribution in [-0.2, 0) is 4.79 Å². The molecule has 1 fully saturated rings. The Morgan fingerprint density at radius 3 is 2.53 bits per heavy atom. The average Bonchev–Trinajstić information content (AvgIpc) is 2.29. The maximum absolute atomic E-state index is 10.8. The number of hydrogen-bond acceptors (Lipinski definition) is 4. The van der Waals surface area contributed by atoms with Gasteiger partial charge in [0.15, 0.2) is 0 Å². The highest BCUT2D eigenvalue weighted by atomic mass is 32.2. The first-order valence-corrected chi connectivity index (χ1v) is 7.26. The lowest BCUT2D eigenvalue weighted by Gasteiger charge is -2.34. The molecule has 0 saturated heterocycles. The molecule has 1 aliphatic carbocycles. The van der Waals surface area contributed by atoms with Crippen molar-refractivity contribution in [2.24, 2.45) is 11.8 Å². The highest BCUT2D eigenvalue weighted by Gasteiger charge is 2.35. The maximum atomic E-state index is 10.8. The van der Waals surface area contributed by atoms with Gasteiger partial charge in [-0.05, 0) is 37.4 Å². The van der Waals surface area contributed by atoms with E-state index in [9.17, 15) is 9.90 Å². The van der Waals surface area contributed by atoms with Crippen LogP contribution in [0.4, 0.5) is 0 Å². The van der Waals surface area contributed by atoms with Gasteiger partial charge in [0, 0.05) is 12.4 Å². The van der Waals surface area contributed by atoms with E-state index in [1.54, 1.807) is 11.8 Å². The SMILES string of the molecule is CC(CO)CSCC1(O)CCC(C(=O)O)CC1. The summed E-state index contributed by atoms with van der Waals surface area (Å²) in [4.78, 5) is 10.8. The third kappa shape index (κ3) is 4.85. The standard InChI is InChI=1S/C12H22O4S/c1-9(6-13)7-17-8-12(16)4-2-10(3-5-12)11(14)15/h9-10,13,16H,2-8H2,1H3,(H,14,15). The zero-order valence-electron chi connectivity index (χ0n) is 10.3. The molecule has 1 rings (SSSR count). The fourth-order valence-corrected chi connectivity index (χ4v) is 3.34. The summed E-state index contributed by atoms with van der Waals surface area (Å²) in [7, 11) is 0. The highest BCUT2D eigenvalue weighted by molar-refractivity contribution is 7.99. The molecule has 1 unspecified atom stereocenters. The van der Waals surface area contributed by atoms with Gasteiger partial charge in [0.05, 0.1) is 11.5 Å². The maximum Gasteiger partial charge on any atom is 0.306 e. The number of thioether (sulfide) groups is 1. The van der Waals surface area contributed by atoms with Gasteiger partial charge in [-0.2, -0.15) is 11.8 Å². The number of carboxylic acids is 1. The van der Waals surface area contributed by atoms with Crippen molar-refractivity contribution in [3.05, 3.63) is 0 Å². The molecule has 0 radical (unpaired) electrons. The van der Waals surface area contributed by atoms with Crippen LogP contribution >= 0.6 is 11.8 Å². The van der Waals surface area contributed by atoms with E-state index < -0.39 is 11.6 Å². The molecule has 3 N–H and O–H groups in total. The Bertz CT molecular complexity index is 249. The smallest absolute Gasteiger partial charge is 0.306 e. The summed E-state index contributed by atoms with van der Waals surface area (Å²) in [5, 5.41) is 28.0. The van der Waals surface area contributed by atoms with Crippen molar-refractivity contribution in [1.29, 1.82) is 0 Å². The summed E-state index contributed by atoms with van der Waals surface area (Å²) < 4.78 is 0. The molecule has 0 amide bonds. The summed E-state index contributed by atoms with van der Waals surface area (Å²) in [6.45, 7) is 2.14. The molecule has 0 aliphatic heterocycles. The van der Waals surface area contributed by atoms with Crippen molar-refractivity contribution < 1.29 is 20.1 Å². The lowest BCUT2D eigenvalue weighted by atomic mass is 9.80. The van der Waals surface area contributed by atoms with Gasteiger partial charge in [0.25, 0.3) is 0 Å². The van der Waals surface area contributed by atoms with E-state index in [0.717, 1.165) is 5.75 Å². The van der Waals surface area contributed by atoms with E-state index in [-0.39, 0.29) is 18.4 Å². The third-order valence-electron chi connectivity index (χ3n) is 3.35. The third-order valence-corrected chi connectivity index (χ3v) is 4.90. The summed E-state index contributed by atoms with van der Waals surface area (Å²) in [6, 6.07) is 0. The Morgan fingerprint density at radius 1 is 1.47 bits per heavy atom. The second-order valence-corrected chi connectivity index (χ2v) is 6.17. The molecule has 17 heavy (non-hydrogen) atoms. The predicted octanol–water partition coefficient (Wildman–Crippen LogP) is 1.35. The number of carbonyl (C=O) groups is 1. The second kappa shape index (κ2) is 6.61. The first-order valence-electron chi connectivity index (χ1n) is 6.10. The molecular formula is C12H22O4S. The van der Waals surface area contributed by atoms with E-state index in [4.69, 9.17) is 10.2 Å². The number of aliphatic hydroxyl groups is 2. The number of aliphatic hydroxyl groups excluding tert-OH is 1. The summed E-state index contributed by atoms with van der Waals surface area (Å²) >= 11 is 1.64. The molecule has 4 nitrogen and oxygen atoms in total. The number of carboxylic acid groups (broad SMARTS) is 1. The van der Waals surface area contributed by atoms with E-state index in [0.29, 0.717) is 31.4 Å². The molecule has 1 atom stereocenters. The first kappa shape index (κ1) is 14.8. The molecule has 0 spiro atoms. The second-order valence-electron chi connectivity index (χ2n) is 5.14. The number of aliphatic carboxylic acids is 1. The minimum Gasteiger partial charge on any atom is -0.481 e. The molecule has 5 heteroatoms. The van der Waals surface area contributed by atoms with Crippen molar-refractivity contribution in [3.63, 3.8) is 0 Å². The molecule has 0 heterocycles. The summed E-state index contributed by atoms with van der Waals surface area (Å²) in [5.74, 6) is 0.703. The molecule has 0 aromatic heterocycles. The molecule has 0 aromatic carbocycles. The van der Waals surface area contributed by atoms with Crippen LogP contribution in [0, 0.1) is 11.8 Å². The van der Waals surface area contributed by atoms with Crippen LogP contribution in [-0.4, -0.2) is 45.0 Å². The van der Waals surface area contributed by atoms with Crippen LogP contribution in [0.1, 0.15) is 32.6 Å². The van der Waals surface area contributed by atoms with Gasteiger partial charge in [-0.3, -0.25) is 4.79 Å². The van der Waals surface area contributed by atoms with Gasteiger partial charge in [-0.25, -0.2) is 0 Å². The van der Waals surface area contributed by atoms with Crippen LogP contribution < -0.4 is 0 Å². The lowest BCUT2D eigenvalue weighted by Crippen LogP contribution is -2.38. The number of rotatable bonds is 6. The Balaban J connectivity index is 2.27. The van der Waals surface area contributed by atoms with Gasteiger partial charge in [-0.15, -0.1) is 0 Å². The first-order chi connectivity index (χ1) is 7.97. The van der Waals surface area contributed by atoms with Crippen molar-refractivity contribution >= 4 is 17.7 Å². The zero-order chi connectivity index (χ0) is 12.9. The Labute approximate surface area is 106 Å². The molecule has 1 aliphatic rings. The molecule has 0 bridgehead atoms. The van der Waals surface area contributed by atoms with Crippen LogP contribution in [0.15, 0.2) is 0 Å². The fraction of sp³-hybridized carbons (Fsp3) is 0.917. The zero-order valence-corrected chi connectivity index (χ0v) is 11.1. The topological polar surface area (TPSA) is 77.8 Å². The average molecular weight is 262 g/mol. The largest absolute Gasteiger partial charge is 0.481 e. The van der Waals surface area contributed by atoms with E-state index >= 15 is 0 Å². The van der Waals surface area contributed by atoms with Crippen LogP contribution in [0.5, 0.6) is 0 Å². The normalized spacial score (nSPS) is 31.1. The quantitative estimate of drug-likeness (QED) is 0.673. The van der Waals surface area contributed by atoms with Crippen molar-refractivity contribution in [2.75, 3.05) is 18.1 Å². The minimum atomic E-state index is -0.742. The Kier molecular flexibility index (Phi) is 5.76. The highest BCUT2D eigenvalue weighted by Crippen LogP contribution is 2.34.